The fraction of sp³-hybridized carbons (Fsp3) is 0.235. The van der Waals surface area contributed by atoms with Crippen molar-refractivity contribution in [2.24, 2.45) is 5.92 Å². The van der Waals surface area contributed by atoms with Gasteiger partial charge in [0.25, 0.3) is 5.91 Å². The van der Waals surface area contributed by atoms with E-state index < -0.39 is 0 Å². The summed E-state index contributed by atoms with van der Waals surface area (Å²) in [5, 5.41) is 3.70. The fourth-order valence-corrected chi connectivity index (χ4v) is 2.86. The van der Waals surface area contributed by atoms with E-state index in [2.05, 4.69) is 35.1 Å². The zero-order chi connectivity index (χ0) is 17.0. The molecule has 0 unspecified atom stereocenters. The molecular formula is C17H16BrCl2NO2. The van der Waals surface area contributed by atoms with Crippen LogP contribution in [0.2, 0.25) is 10.0 Å². The Balaban J connectivity index is 2.12. The van der Waals surface area contributed by atoms with E-state index in [1.807, 2.05) is 0 Å². The lowest BCUT2D eigenvalue weighted by molar-refractivity contribution is 0.102. The molecule has 122 valence electrons. The van der Waals surface area contributed by atoms with Crippen molar-refractivity contribution in [3.8, 4) is 5.75 Å². The summed E-state index contributed by atoms with van der Waals surface area (Å²) in [7, 11) is 0. The van der Waals surface area contributed by atoms with E-state index in [0.717, 1.165) is 4.47 Å². The van der Waals surface area contributed by atoms with Crippen LogP contribution < -0.4 is 10.1 Å². The van der Waals surface area contributed by atoms with Gasteiger partial charge in [0, 0.05) is 21.3 Å². The number of hydrogen-bond donors (Lipinski definition) is 1. The van der Waals surface area contributed by atoms with E-state index in [1.165, 1.54) is 0 Å². The van der Waals surface area contributed by atoms with Crippen LogP contribution in [-0.2, 0) is 0 Å². The molecule has 6 heteroatoms. The van der Waals surface area contributed by atoms with Crippen LogP contribution in [0.1, 0.15) is 24.2 Å². The predicted octanol–water partition coefficient (Wildman–Crippen LogP) is 6.04. The van der Waals surface area contributed by atoms with E-state index in [-0.39, 0.29) is 5.91 Å². The van der Waals surface area contributed by atoms with Crippen molar-refractivity contribution in [1.29, 1.82) is 0 Å². The number of rotatable bonds is 5. The molecule has 0 atom stereocenters. The van der Waals surface area contributed by atoms with Gasteiger partial charge in [-0.2, -0.15) is 0 Å². The molecule has 2 rings (SSSR count). The Bertz CT molecular complexity index is 699. The topological polar surface area (TPSA) is 38.3 Å². The lowest BCUT2D eigenvalue weighted by Gasteiger charge is -2.12. The summed E-state index contributed by atoms with van der Waals surface area (Å²) in [6, 6.07) is 10.1. The van der Waals surface area contributed by atoms with Crippen molar-refractivity contribution in [2.45, 2.75) is 13.8 Å². The average molecular weight is 417 g/mol. The third kappa shape index (κ3) is 5.41. The fourth-order valence-electron chi connectivity index (χ4n) is 1.84. The highest BCUT2D eigenvalue weighted by Crippen LogP contribution is 2.27. The summed E-state index contributed by atoms with van der Waals surface area (Å²) in [6.07, 6.45) is 0. The second kappa shape index (κ2) is 8.04. The monoisotopic (exact) mass is 415 g/mol. The first-order valence-corrected chi connectivity index (χ1v) is 8.60. The molecule has 0 aromatic heterocycles. The molecule has 2 aromatic rings. The lowest BCUT2D eigenvalue weighted by Crippen LogP contribution is -2.12. The standard InChI is InChI=1S/C17H16BrCl2NO2/c1-10(2)9-23-16-4-3-11(5-15(16)18)17(22)21-14-7-12(19)6-13(20)8-14/h3-8,10H,9H2,1-2H3,(H,21,22). The molecular weight excluding hydrogens is 401 g/mol. The number of carbonyl (C=O) groups excluding carboxylic acids is 1. The number of ether oxygens (including phenoxy) is 1. The van der Waals surface area contributed by atoms with Crippen LogP contribution in [0.25, 0.3) is 0 Å². The molecule has 1 amide bonds. The number of nitrogens with one attached hydrogen (secondary N) is 1. The van der Waals surface area contributed by atoms with Crippen LogP contribution in [0.5, 0.6) is 5.75 Å². The van der Waals surface area contributed by atoms with Crippen molar-refractivity contribution >= 4 is 50.7 Å². The number of carbonyl (C=O) groups is 1. The van der Waals surface area contributed by atoms with Gasteiger partial charge in [-0.25, -0.2) is 0 Å². The Kier molecular flexibility index (Phi) is 6.33. The molecule has 0 aliphatic carbocycles. The summed E-state index contributed by atoms with van der Waals surface area (Å²) in [5.41, 5.74) is 1.05. The highest BCUT2D eigenvalue weighted by molar-refractivity contribution is 9.10. The first-order valence-electron chi connectivity index (χ1n) is 7.05. The molecule has 0 saturated heterocycles. The van der Waals surface area contributed by atoms with Crippen LogP contribution in [0.15, 0.2) is 40.9 Å². The average Bonchev–Trinajstić information content (AvgIpc) is 2.44. The highest BCUT2D eigenvalue weighted by Gasteiger charge is 2.11. The maximum atomic E-state index is 12.3. The van der Waals surface area contributed by atoms with Crippen molar-refractivity contribution in [3.63, 3.8) is 0 Å². The Hall–Kier alpha value is -1.23. The van der Waals surface area contributed by atoms with Gasteiger partial charge in [-0.15, -0.1) is 0 Å². The smallest absolute Gasteiger partial charge is 0.255 e. The van der Waals surface area contributed by atoms with E-state index in [1.54, 1.807) is 36.4 Å². The number of anilines is 1. The maximum absolute atomic E-state index is 12.3. The molecule has 0 saturated carbocycles. The van der Waals surface area contributed by atoms with Gasteiger partial charge in [-0.05, 0) is 58.2 Å². The zero-order valence-electron chi connectivity index (χ0n) is 12.7. The van der Waals surface area contributed by atoms with E-state index in [0.29, 0.717) is 39.6 Å². The van der Waals surface area contributed by atoms with Gasteiger partial charge in [-0.3, -0.25) is 4.79 Å². The van der Waals surface area contributed by atoms with Gasteiger partial charge in [0.15, 0.2) is 0 Å². The van der Waals surface area contributed by atoms with Gasteiger partial charge < -0.3 is 10.1 Å². The normalized spacial score (nSPS) is 10.7. The van der Waals surface area contributed by atoms with Crippen LogP contribution in [0.4, 0.5) is 5.69 Å². The summed E-state index contributed by atoms with van der Waals surface area (Å²) < 4.78 is 6.40. The molecule has 2 aromatic carbocycles. The Morgan fingerprint density at radius 1 is 1.17 bits per heavy atom. The van der Waals surface area contributed by atoms with Crippen LogP contribution in [0.3, 0.4) is 0 Å². The largest absolute Gasteiger partial charge is 0.492 e. The van der Waals surface area contributed by atoms with Crippen molar-refractivity contribution < 1.29 is 9.53 Å². The SMILES string of the molecule is CC(C)COc1ccc(C(=O)Nc2cc(Cl)cc(Cl)c2)cc1Br. The first-order chi connectivity index (χ1) is 10.8. The third-order valence-corrected chi connectivity index (χ3v) is 3.94. The van der Waals surface area contributed by atoms with Crippen LogP contribution in [0, 0.1) is 5.92 Å². The quantitative estimate of drug-likeness (QED) is 0.644. The summed E-state index contributed by atoms with van der Waals surface area (Å²) in [5.74, 6) is 0.887. The molecule has 0 spiro atoms. The van der Waals surface area contributed by atoms with Crippen LogP contribution >= 0.6 is 39.1 Å². The molecule has 0 fully saturated rings. The number of hydrogen-bond acceptors (Lipinski definition) is 2. The van der Waals surface area contributed by atoms with Crippen LogP contribution in [-0.4, -0.2) is 12.5 Å². The minimum atomic E-state index is -0.251. The van der Waals surface area contributed by atoms with Crippen molar-refractivity contribution in [2.75, 3.05) is 11.9 Å². The number of benzene rings is 2. The molecule has 0 radical (unpaired) electrons. The third-order valence-electron chi connectivity index (χ3n) is 2.89. The van der Waals surface area contributed by atoms with E-state index in [4.69, 9.17) is 27.9 Å². The first kappa shape index (κ1) is 18.1. The maximum Gasteiger partial charge on any atom is 0.255 e. The molecule has 0 heterocycles. The lowest BCUT2D eigenvalue weighted by atomic mass is 10.2. The minimum Gasteiger partial charge on any atom is -0.492 e. The van der Waals surface area contributed by atoms with Crippen molar-refractivity contribution in [3.05, 3.63) is 56.5 Å². The van der Waals surface area contributed by atoms with Gasteiger partial charge in [0.1, 0.15) is 5.75 Å². The van der Waals surface area contributed by atoms with E-state index in [9.17, 15) is 4.79 Å². The molecule has 0 bridgehead atoms. The molecule has 23 heavy (non-hydrogen) atoms. The summed E-state index contributed by atoms with van der Waals surface area (Å²) >= 11 is 15.3. The van der Waals surface area contributed by atoms with E-state index >= 15 is 0 Å². The zero-order valence-corrected chi connectivity index (χ0v) is 15.8. The molecule has 0 aliphatic rings. The second-order valence-corrected chi connectivity index (χ2v) is 7.19. The van der Waals surface area contributed by atoms with Gasteiger partial charge in [-0.1, -0.05) is 37.0 Å². The Morgan fingerprint density at radius 3 is 2.39 bits per heavy atom. The Labute approximate surface area is 154 Å². The second-order valence-electron chi connectivity index (χ2n) is 5.46. The summed E-state index contributed by atoms with van der Waals surface area (Å²) in [4.78, 5) is 12.3. The highest BCUT2D eigenvalue weighted by atomic mass is 79.9. The number of amides is 1. The van der Waals surface area contributed by atoms with Gasteiger partial charge in [0.05, 0.1) is 11.1 Å². The predicted molar refractivity (Wildman–Crippen MR) is 98.9 cm³/mol. The van der Waals surface area contributed by atoms with Crippen molar-refractivity contribution in [1.82, 2.24) is 0 Å². The number of halogens is 3. The minimum absolute atomic E-state index is 0.251. The summed E-state index contributed by atoms with van der Waals surface area (Å²) in [6.45, 7) is 4.77. The molecule has 0 aliphatic heterocycles. The Morgan fingerprint density at radius 2 is 1.83 bits per heavy atom. The molecule has 3 nitrogen and oxygen atoms in total. The van der Waals surface area contributed by atoms with Gasteiger partial charge in [0.2, 0.25) is 0 Å². The molecule has 1 N–H and O–H groups in total. The van der Waals surface area contributed by atoms with Gasteiger partial charge >= 0.3 is 0 Å².